The van der Waals surface area contributed by atoms with Crippen molar-refractivity contribution >= 4 is 58.4 Å². The van der Waals surface area contributed by atoms with Gasteiger partial charge in [-0.1, -0.05) is 35.3 Å². The van der Waals surface area contributed by atoms with Gasteiger partial charge in [-0.05, 0) is 60.9 Å². The molecular formula is C26H27Cl2N3O4S. The Balaban J connectivity index is 1.16. The maximum atomic E-state index is 13.3. The molecule has 5 rings (SSSR count). The van der Waals surface area contributed by atoms with Gasteiger partial charge in [0, 0.05) is 30.2 Å². The predicted octanol–water partition coefficient (Wildman–Crippen LogP) is 4.61. The SMILES string of the molecule is O=C(COc1ccc(Cl)cc1Cl)Nc1ccc(CC(=O)N2CCC[C@]23C[C@H]2SCCCN2C3=O)cc1. The lowest BCUT2D eigenvalue weighted by Crippen LogP contribution is -2.53. The summed E-state index contributed by atoms with van der Waals surface area (Å²) in [4.78, 5) is 42.7. The van der Waals surface area contributed by atoms with E-state index in [-0.39, 0.29) is 36.1 Å². The molecule has 1 spiro atoms. The first-order chi connectivity index (χ1) is 17.4. The third-order valence-electron chi connectivity index (χ3n) is 7.01. The second kappa shape index (κ2) is 10.5. The van der Waals surface area contributed by atoms with Crippen LogP contribution in [0.4, 0.5) is 5.69 Å². The molecule has 7 nitrogen and oxygen atoms in total. The second-order valence-electron chi connectivity index (χ2n) is 9.35. The van der Waals surface area contributed by atoms with E-state index in [4.69, 9.17) is 27.9 Å². The average molecular weight is 548 g/mol. The van der Waals surface area contributed by atoms with Crippen LogP contribution in [0.5, 0.6) is 5.75 Å². The Morgan fingerprint density at radius 3 is 2.67 bits per heavy atom. The summed E-state index contributed by atoms with van der Waals surface area (Å²) < 4.78 is 5.46. The molecule has 3 saturated heterocycles. The van der Waals surface area contributed by atoms with Crippen LogP contribution in [0, 0.1) is 0 Å². The molecule has 3 heterocycles. The van der Waals surface area contributed by atoms with E-state index in [0.717, 1.165) is 43.5 Å². The van der Waals surface area contributed by atoms with Crippen LogP contribution in [0.25, 0.3) is 0 Å². The molecule has 2 aromatic carbocycles. The van der Waals surface area contributed by atoms with Crippen molar-refractivity contribution in [2.75, 3.05) is 30.8 Å². The molecule has 190 valence electrons. The number of carbonyl (C=O) groups is 3. The zero-order valence-corrected chi connectivity index (χ0v) is 22.0. The molecule has 0 aliphatic carbocycles. The number of rotatable bonds is 6. The summed E-state index contributed by atoms with van der Waals surface area (Å²) in [5.74, 6) is 1.22. The fourth-order valence-electron chi connectivity index (χ4n) is 5.32. The zero-order valence-electron chi connectivity index (χ0n) is 19.7. The minimum absolute atomic E-state index is 0.0178. The molecule has 3 fully saturated rings. The van der Waals surface area contributed by atoms with Crippen molar-refractivity contribution in [2.24, 2.45) is 0 Å². The Morgan fingerprint density at radius 2 is 1.92 bits per heavy atom. The molecule has 36 heavy (non-hydrogen) atoms. The van der Waals surface area contributed by atoms with Crippen molar-refractivity contribution in [2.45, 2.75) is 43.0 Å². The van der Waals surface area contributed by atoms with Crippen LogP contribution in [0.2, 0.25) is 10.0 Å². The third-order valence-corrected chi connectivity index (χ3v) is 8.87. The maximum absolute atomic E-state index is 13.3. The van der Waals surface area contributed by atoms with Gasteiger partial charge < -0.3 is 19.9 Å². The van der Waals surface area contributed by atoms with Crippen molar-refractivity contribution in [1.82, 2.24) is 9.80 Å². The number of benzene rings is 2. The van der Waals surface area contributed by atoms with Gasteiger partial charge in [-0.25, -0.2) is 0 Å². The minimum Gasteiger partial charge on any atom is -0.482 e. The van der Waals surface area contributed by atoms with Crippen molar-refractivity contribution in [1.29, 1.82) is 0 Å². The lowest BCUT2D eigenvalue weighted by molar-refractivity contribution is -0.146. The first kappa shape index (κ1) is 25.2. The van der Waals surface area contributed by atoms with E-state index in [1.54, 1.807) is 30.3 Å². The van der Waals surface area contributed by atoms with Crippen LogP contribution in [-0.2, 0) is 20.8 Å². The van der Waals surface area contributed by atoms with Crippen LogP contribution >= 0.6 is 35.0 Å². The summed E-state index contributed by atoms with van der Waals surface area (Å²) in [7, 11) is 0. The molecule has 1 N–H and O–H groups in total. The largest absolute Gasteiger partial charge is 0.482 e. The van der Waals surface area contributed by atoms with Crippen LogP contribution in [-0.4, -0.2) is 63.9 Å². The molecule has 0 aromatic heterocycles. The topological polar surface area (TPSA) is 79.0 Å². The number of carbonyl (C=O) groups excluding carboxylic acids is 3. The second-order valence-corrected chi connectivity index (χ2v) is 11.5. The highest BCUT2D eigenvalue weighted by atomic mass is 35.5. The molecule has 2 atom stereocenters. The average Bonchev–Trinajstić information content (AvgIpc) is 3.41. The predicted molar refractivity (Wildman–Crippen MR) is 142 cm³/mol. The van der Waals surface area contributed by atoms with E-state index in [9.17, 15) is 14.4 Å². The molecule has 3 amide bonds. The molecule has 10 heteroatoms. The fourth-order valence-corrected chi connectivity index (χ4v) is 7.12. The number of nitrogens with zero attached hydrogens (tertiary/aromatic N) is 2. The highest BCUT2D eigenvalue weighted by Crippen LogP contribution is 2.46. The fraction of sp³-hybridized carbons (Fsp3) is 0.423. The summed E-state index contributed by atoms with van der Waals surface area (Å²) in [6, 6.07) is 12.0. The van der Waals surface area contributed by atoms with Gasteiger partial charge in [0.05, 0.1) is 16.8 Å². The minimum atomic E-state index is -0.667. The molecule has 0 saturated carbocycles. The van der Waals surface area contributed by atoms with E-state index < -0.39 is 5.54 Å². The summed E-state index contributed by atoms with van der Waals surface area (Å²) >= 11 is 13.8. The van der Waals surface area contributed by atoms with Crippen LogP contribution in [0.15, 0.2) is 42.5 Å². The molecule has 0 radical (unpaired) electrons. The van der Waals surface area contributed by atoms with E-state index in [1.807, 2.05) is 33.7 Å². The Labute approximate surface area is 224 Å². The number of ether oxygens (including phenoxy) is 1. The molecule has 0 bridgehead atoms. The van der Waals surface area contributed by atoms with Gasteiger partial charge in [-0.2, -0.15) is 0 Å². The highest BCUT2D eigenvalue weighted by Gasteiger charge is 2.58. The van der Waals surface area contributed by atoms with Crippen LogP contribution in [0.1, 0.15) is 31.2 Å². The third kappa shape index (κ3) is 5.04. The number of thioether (sulfide) groups is 1. The number of nitrogens with one attached hydrogen (secondary N) is 1. The maximum Gasteiger partial charge on any atom is 0.262 e. The van der Waals surface area contributed by atoms with Crippen LogP contribution in [0.3, 0.4) is 0 Å². The van der Waals surface area contributed by atoms with Crippen molar-refractivity contribution in [3.05, 3.63) is 58.1 Å². The molecule has 2 aromatic rings. The quantitative estimate of drug-likeness (QED) is 0.571. The Kier molecular flexibility index (Phi) is 7.37. The Hall–Kier alpha value is -2.42. The van der Waals surface area contributed by atoms with Crippen LogP contribution < -0.4 is 10.1 Å². The number of anilines is 1. The summed E-state index contributed by atoms with van der Waals surface area (Å²) in [6.07, 6.45) is 3.58. The molecule has 3 aliphatic heterocycles. The Morgan fingerprint density at radius 1 is 1.11 bits per heavy atom. The number of likely N-dealkylation sites (tertiary alicyclic amines) is 1. The van der Waals surface area contributed by atoms with E-state index in [2.05, 4.69) is 5.32 Å². The highest BCUT2D eigenvalue weighted by molar-refractivity contribution is 7.99. The molecule has 0 unspecified atom stereocenters. The van der Waals surface area contributed by atoms with Crippen molar-refractivity contribution < 1.29 is 19.1 Å². The normalized spacial score (nSPS) is 23.2. The number of halogens is 2. The van der Waals surface area contributed by atoms with E-state index in [1.165, 1.54) is 0 Å². The summed E-state index contributed by atoms with van der Waals surface area (Å²) in [5, 5.41) is 3.79. The van der Waals surface area contributed by atoms with Gasteiger partial charge in [0.2, 0.25) is 11.8 Å². The summed E-state index contributed by atoms with van der Waals surface area (Å²) in [5.41, 5.74) is 0.765. The Bertz CT molecular complexity index is 1180. The van der Waals surface area contributed by atoms with Gasteiger partial charge in [-0.3, -0.25) is 14.4 Å². The van der Waals surface area contributed by atoms with Crippen molar-refractivity contribution in [3.8, 4) is 5.75 Å². The monoisotopic (exact) mass is 547 g/mol. The number of fused-ring (bicyclic) bond motifs is 1. The molecular weight excluding hydrogens is 521 g/mol. The number of hydrogen-bond donors (Lipinski definition) is 1. The van der Waals surface area contributed by atoms with Gasteiger partial charge in [0.15, 0.2) is 6.61 Å². The van der Waals surface area contributed by atoms with Crippen molar-refractivity contribution in [3.63, 3.8) is 0 Å². The zero-order chi connectivity index (χ0) is 25.3. The standard InChI is InChI=1S/C26H27Cl2N3O4S/c27-18-5-8-21(20(28)14-18)35-16-22(32)29-19-6-3-17(4-7-19)13-23(33)31-11-1-9-26(31)15-24-30(25(26)34)10-2-12-36-24/h3-8,14,24H,1-2,9-13,15-16H2,(H,29,32)/t24-,26-/m1/s1. The first-order valence-corrected chi connectivity index (χ1v) is 13.9. The van der Waals surface area contributed by atoms with Gasteiger partial charge in [0.1, 0.15) is 11.3 Å². The van der Waals surface area contributed by atoms with E-state index >= 15 is 0 Å². The molecule has 3 aliphatic rings. The lowest BCUT2D eigenvalue weighted by Gasteiger charge is -2.33. The number of amides is 3. The van der Waals surface area contributed by atoms with E-state index in [0.29, 0.717) is 28.0 Å². The van der Waals surface area contributed by atoms with Gasteiger partial charge >= 0.3 is 0 Å². The lowest BCUT2D eigenvalue weighted by atomic mass is 9.93. The number of hydrogen-bond acceptors (Lipinski definition) is 5. The first-order valence-electron chi connectivity index (χ1n) is 12.1. The van der Waals surface area contributed by atoms with Gasteiger partial charge in [-0.15, -0.1) is 11.8 Å². The summed E-state index contributed by atoms with van der Waals surface area (Å²) in [6.45, 7) is 1.22. The van der Waals surface area contributed by atoms with Gasteiger partial charge in [0.25, 0.3) is 5.91 Å². The smallest absolute Gasteiger partial charge is 0.262 e.